The molecule has 2 aromatic heterocycles. The Morgan fingerprint density at radius 2 is 1.78 bits per heavy atom. The fourth-order valence-electron chi connectivity index (χ4n) is 5.61. The summed E-state index contributed by atoms with van der Waals surface area (Å²) in [4.78, 5) is 24.7. The quantitative estimate of drug-likeness (QED) is 0.375. The number of H-pyrrole nitrogens is 1. The van der Waals surface area contributed by atoms with Gasteiger partial charge in [0.05, 0.1) is 0 Å². The van der Waals surface area contributed by atoms with Crippen LogP contribution in [-0.4, -0.2) is 31.7 Å². The third-order valence-corrected chi connectivity index (χ3v) is 7.53. The summed E-state index contributed by atoms with van der Waals surface area (Å²) in [6.07, 6.45) is 7.04. The molecule has 1 aliphatic carbocycles. The van der Waals surface area contributed by atoms with Crippen molar-refractivity contribution in [1.82, 2.24) is 24.6 Å². The smallest absolute Gasteiger partial charge is 0.264 e. The molecule has 6 nitrogen and oxygen atoms in total. The van der Waals surface area contributed by atoms with Gasteiger partial charge in [-0.25, -0.2) is 14.6 Å². The molecule has 1 N–H and O–H groups in total. The molecule has 0 saturated heterocycles. The van der Waals surface area contributed by atoms with Gasteiger partial charge in [-0.1, -0.05) is 56.3 Å². The van der Waals surface area contributed by atoms with E-state index in [1.165, 1.54) is 28.7 Å². The van der Waals surface area contributed by atoms with Crippen LogP contribution in [0, 0.1) is 6.92 Å². The predicted molar refractivity (Wildman–Crippen MR) is 144 cm³/mol. The van der Waals surface area contributed by atoms with Crippen molar-refractivity contribution in [2.45, 2.75) is 65.5 Å². The van der Waals surface area contributed by atoms with Crippen LogP contribution in [0.1, 0.15) is 66.2 Å². The lowest BCUT2D eigenvalue weighted by molar-refractivity contribution is 0.212. The van der Waals surface area contributed by atoms with Crippen LogP contribution >= 0.6 is 0 Å². The molecule has 36 heavy (non-hydrogen) atoms. The summed E-state index contributed by atoms with van der Waals surface area (Å²) >= 11 is 0. The van der Waals surface area contributed by atoms with Crippen molar-refractivity contribution in [2.24, 2.45) is 0 Å². The summed E-state index contributed by atoms with van der Waals surface area (Å²) in [6.45, 7) is 7.09. The number of nitrogens with one attached hydrogen (secondary N) is 1. The van der Waals surface area contributed by atoms with Gasteiger partial charge in [0.15, 0.2) is 11.6 Å². The molecule has 0 aliphatic heterocycles. The van der Waals surface area contributed by atoms with Crippen LogP contribution in [0.3, 0.4) is 0 Å². The molecular formula is C30H35N5O. The average molecular weight is 482 g/mol. The monoisotopic (exact) mass is 481 g/mol. The molecule has 6 heteroatoms. The average Bonchev–Trinajstić information content (AvgIpc) is 3.34. The van der Waals surface area contributed by atoms with Crippen LogP contribution in [0.2, 0.25) is 0 Å². The van der Waals surface area contributed by atoms with E-state index in [0.29, 0.717) is 12.6 Å². The molecule has 5 rings (SSSR count). The van der Waals surface area contributed by atoms with Crippen molar-refractivity contribution in [3.05, 3.63) is 98.6 Å². The van der Waals surface area contributed by atoms with Crippen LogP contribution in [0.15, 0.2) is 59.5 Å². The Morgan fingerprint density at radius 1 is 1.03 bits per heavy atom. The molecular weight excluding hydrogens is 446 g/mol. The topological polar surface area (TPSA) is 66.8 Å². The van der Waals surface area contributed by atoms with Crippen LogP contribution in [0.4, 0.5) is 0 Å². The normalized spacial score (nSPS) is 15.3. The number of aryl methyl sites for hydroxylation is 4. The lowest BCUT2D eigenvalue weighted by atomic mass is 9.87. The summed E-state index contributed by atoms with van der Waals surface area (Å²) in [5.41, 5.74) is 8.29. The fraction of sp³-hybridized carbons (Fsp3) is 0.367. The molecule has 0 amide bonds. The molecule has 1 aliphatic rings. The van der Waals surface area contributed by atoms with Gasteiger partial charge in [0.2, 0.25) is 0 Å². The molecule has 0 saturated carbocycles. The van der Waals surface area contributed by atoms with E-state index in [4.69, 9.17) is 9.97 Å². The highest BCUT2D eigenvalue weighted by atomic mass is 16.1. The third-order valence-electron chi connectivity index (χ3n) is 7.53. The van der Waals surface area contributed by atoms with Crippen LogP contribution in [-0.2, 0) is 25.8 Å². The third kappa shape index (κ3) is 4.53. The van der Waals surface area contributed by atoms with E-state index >= 15 is 0 Å². The number of rotatable bonds is 7. The maximum absolute atomic E-state index is 12.1. The van der Waals surface area contributed by atoms with E-state index in [0.717, 1.165) is 54.1 Å². The Hall–Kier alpha value is -3.51. The van der Waals surface area contributed by atoms with Crippen molar-refractivity contribution in [1.29, 1.82) is 0 Å². The molecule has 0 radical (unpaired) electrons. The molecule has 0 bridgehead atoms. The Bertz CT molecular complexity index is 1410. The Morgan fingerprint density at radius 3 is 2.47 bits per heavy atom. The number of hydrogen-bond donors (Lipinski definition) is 1. The van der Waals surface area contributed by atoms with Gasteiger partial charge in [0.25, 0.3) is 5.56 Å². The SMILES string of the molecule is CCc1cccc(CC)c1-c1nc(C)c(CN(C)[C@H]2CCCc3ccccc32)c(-n2ccc(=O)[nH]2)n1. The molecule has 0 unspecified atom stereocenters. The van der Waals surface area contributed by atoms with Gasteiger partial charge in [-0.3, -0.25) is 14.8 Å². The van der Waals surface area contributed by atoms with Gasteiger partial charge in [0.1, 0.15) is 0 Å². The predicted octanol–water partition coefficient (Wildman–Crippen LogP) is 5.57. The van der Waals surface area contributed by atoms with E-state index in [1.54, 1.807) is 16.9 Å². The van der Waals surface area contributed by atoms with Crippen LogP contribution in [0.25, 0.3) is 17.2 Å². The number of hydrogen-bond acceptors (Lipinski definition) is 4. The first-order valence-corrected chi connectivity index (χ1v) is 13.0. The number of nitrogens with zero attached hydrogens (tertiary/aromatic N) is 4. The largest absolute Gasteiger partial charge is 0.295 e. The van der Waals surface area contributed by atoms with E-state index in [9.17, 15) is 4.79 Å². The lowest BCUT2D eigenvalue weighted by Crippen LogP contribution is -2.29. The Balaban J connectivity index is 1.61. The van der Waals surface area contributed by atoms with Crippen molar-refractivity contribution >= 4 is 0 Å². The van der Waals surface area contributed by atoms with Gasteiger partial charge in [-0.05, 0) is 68.3 Å². The van der Waals surface area contributed by atoms with Crippen LogP contribution in [0.5, 0.6) is 0 Å². The van der Waals surface area contributed by atoms with Crippen molar-refractivity contribution in [2.75, 3.05) is 7.05 Å². The molecule has 186 valence electrons. The minimum Gasteiger partial charge on any atom is -0.295 e. The van der Waals surface area contributed by atoms with E-state index in [2.05, 4.69) is 80.3 Å². The van der Waals surface area contributed by atoms with Crippen molar-refractivity contribution in [3.63, 3.8) is 0 Å². The zero-order chi connectivity index (χ0) is 25.2. The number of benzene rings is 2. The second-order valence-electron chi connectivity index (χ2n) is 9.78. The van der Waals surface area contributed by atoms with Crippen LogP contribution < -0.4 is 5.56 Å². The maximum atomic E-state index is 12.1. The van der Waals surface area contributed by atoms with Gasteiger partial charge in [0, 0.05) is 41.7 Å². The second kappa shape index (κ2) is 10.2. The fourth-order valence-corrected chi connectivity index (χ4v) is 5.61. The molecule has 2 aromatic carbocycles. The van der Waals surface area contributed by atoms with Gasteiger partial charge in [-0.15, -0.1) is 0 Å². The first-order valence-electron chi connectivity index (χ1n) is 13.0. The number of aromatic nitrogens is 4. The molecule has 0 fully saturated rings. The molecule has 0 spiro atoms. The first-order chi connectivity index (χ1) is 17.5. The zero-order valence-electron chi connectivity index (χ0n) is 21.7. The van der Waals surface area contributed by atoms with Gasteiger partial charge in [-0.2, -0.15) is 0 Å². The number of aromatic amines is 1. The van der Waals surface area contributed by atoms with E-state index in [-0.39, 0.29) is 5.56 Å². The highest BCUT2D eigenvalue weighted by molar-refractivity contribution is 5.66. The summed E-state index contributed by atoms with van der Waals surface area (Å²) in [6, 6.07) is 17.1. The van der Waals surface area contributed by atoms with Crippen molar-refractivity contribution < 1.29 is 0 Å². The molecule has 4 aromatic rings. The molecule has 2 heterocycles. The minimum absolute atomic E-state index is 0.142. The van der Waals surface area contributed by atoms with Gasteiger partial charge >= 0.3 is 0 Å². The zero-order valence-corrected chi connectivity index (χ0v) is 21.7. The highest BCUT2D eigenvalue weighted by Gasteiger charge is 2.26. The Kier molecular flexibility index (Phi) is 6.88. The second-order valence-corrected chi connectivity index (χ2v) is 9.78. The Labute approximate surface area is 213 Å². The van der Waals surface area contributed by atoms with E-state index in [1.807, 2.05) is 0 Å². The summed E-state index contributed by atoms with van der Waals surface area (Å²) in [5.74, 6) is 1.46. The highest BCUT2D eigenvalue weighted by Crippen LogP contribution is 2.35. The number of fused-ring (bicyclic) bond motifs is 1. The standard InChI is InChI=1S/C30H35N5O/c1-5-21-12-9-13-22(6-2)28(21)29-31-20(3)25(30(32-29)35-18-17-27(36)33-35)19-34(4)26-16-10-14-23-11-7-8-15-24(23)26/h7-9,11-13,15,17-18,26H,5-6,10,14,16,19H2,1-4H3,(H,33,36)/t26-/m0/s1. The van der Waals surface area contributed by atoms with E-state index < -0.39 is 0 Å². The van der Waals surface area contributed by atoms with Crippen molar-refractivity contribution in [3.8, 4) is 17.2 Å². The molecule has 1 atom stereocenters. The summed E-state index contributed by atoms with van der Waals surface area (Å²) in [5, 5.41) is 2.92. The lowest BCUT2D eigenvalue weighted by Gasteiger charge is -2.34. The first kappa shape index (κ1) is 24.2. The summed E-state index contributed by atoms with van der Waals surface area (Å²) in [7, 11) is 2.18. The van der Waals surface area contributed by atoms with Gasteiger partial charge < -0.3 is 0 Å². The minimum atomic E-state index is -0.142. The summed E-state index contributed by atoms with van der Waals surface area (Å²) < 4.78 is 1.75. The maximum Gasteiger partial charge on any atom is 0.264 e.